The molecule has 0 bridgehead atoms. The van der Waals surface area contributed by atoms with Crippen LogP contribution in [0, 0.1) is 17.0 Å². The van der Waals surface area contributed by atoms with Gasteiger partial charge in [-0.2, -0.15) is 0 Å². The fourth-order valence-corrected chi connectivity index (χ4v) is 1.94. The van der Waals surface area contributed by atoms with Crippen LogP contribution in [0.2, 0.25) is 0 Å². The van der Waals surface area contributed by atoms with Gasteiger partial charge in [0.2, 0.25) is 5.89 Å². The highest BCUT2D eigenvalue weighted by atomic mass is 16.6. The lowest BCUT2D eigenvalue weighted by Gasteiger charge is -2.10. The van der Waals surface area contributed by atoms with Crippen molar-refractivity contribution >= 4 is 17.1 Å². The quantitative estimate of drug-likeness (QED) is 0.600. The molecular weight excluding hydrogens is 272 g/mol. The van der Waals surface area contributed by atoms with Gasteiger partial charge in [-0.15, -0.1) is 0 Å². The average Bonchev–Trinajstić information content (AvgIpc) is 2.88. The van der Waals surface area contributed by atoms with Crippen molar-refractivity contribution in [2.24, 2.45) is 0 Å². The van der Waals surface area contributed by atoms with Crippen molar-refractivity contribution in [2.45, 2.75) is 26.8 Å². The number of hydrogen-bond donors (Lipinski definition) is 2. The van der Waals surface area contributed by atoms with Crippen molar-refractivity contribution in [3.63, 3.8) is 0 Å². The van der Waals surface area contributed by atoms with Gasteiger partial charge < -0.3 is 15.1 Å². The first kappa shape index (κ1) is 14.8. The number of nitrogens with zero attached hydrogens (tertiary/aromatic N) is 2. The van der Waals surface area contributed by atoms with E-state index in [9.17, 15) is 10.1 Å². The second kappa shape index (κ2) is 6.74. The molecule has 0 atom stereocenters. The first-order chi connectivity index (χ1) is 10.1. The molecule has 0 amide bonds. The number of nitro groups is 1. The van der Waals surface area contributed by atoms with Crippen LogP contribution in [0.15, 0.2) is 28.8 Å². The van der Waals surface area contributed by atoms with Crippen LogP contribution in [0.3, 0.4) is 0 Å². The molecule has 112 valence electrons. The number of nitrogens with one attached hydrogen (secondary N) is 2. The van der Waals surface area contributed by atoms with Crippen LogP contribution < -0.4 is 10.6 Å². The highest BCUT2D eigenvalue weighted by molar-refractivity contribution is 5.76. The molecule has 0 fully saturated rings. The Labute approximate surface area is 122 Å². The summed E-state index contributed by atoms with van der Waals surface area (Å²) in [5.74, 6) is 1.20. The molecule has 1 aromatic heterocycles. The minimum absolute atomic E-state index is 0.0363. The fraction of sp³-hybridized carbons (Fsp3) is 0.357. The summed E-state index contributed by atoms with van der Waals surface area (Å²) in [6, 6.07) is 5.15. The molecule has 2 N–H and O–H groups in total. The summed E-state index contributed by atoms with van der Waals surface area (Å²) in [4.78, 5) is 15.0. The van der Waals surface area contributed by atoms with E-state index in [0.717, 1.165) is 6.42 Å². The summed E-state index contributed by atoms with van der Waals surface area (Å²) >= 11 is 0. The molecule has 0 aliphatic carbocycles. The Bertz CT molecular complexity index is 624. The summed E-state index contributed by atoms with van der Waals surface area (Å²) in [7, 11) is 0. The van der Waals surface area contributed by atoms with Gasteiger partial charge in [-0.25, -0.2) is 4.98 Å². The zero-order chi connectivity index (χ0) is 15.2. The fourth-order valence-electron chi connectivity index (χ4n) is 1.94. The van der Waals surface area contributed by atoms with E-state index >= 15 is 0 Å². The number of benzene rings is 1. The molecule has 7 heteroatoms. The number of nitro benzene ring substituents is 1. The van der Waals surface area contributed by atoms with Crippen molar-refractivity contribution in [3.8, 4) is 0 Å². The molecule has 2 rings (SSSR count). The molecule has 0 aliphatic heterocycles. The number of rotatable bonds is 7. The number of aryl methyl sites for hydroxylation is 1. The number of oxazole rings is 1. The second-order valence-corrected chi connectivity index (χ2v) is 4.60. The van der Waals surface area contributed by atoms with Crippen LogP contribution in [0.5, 0.6) is 0 Å². The largest absolute Gasteiger partial charge is 0.444 e. The van der Waals surface area contributed by atoms with Gasteiger partial charge in [0.05, 0.1) is 17.7 Å². The van der Waals surface area contributed by atoms with Crippen molar-refractivity contribution in [2.75, 3.05) is 17.2 Å². The van der Waals surface area contributed by atoms with Crippen molar-refractivity contribution in [1.29, 1.82) is 0 Å². The molecule has 0 spiro atoms. The molecule has 0 radical (unpaired) electrons. The first-order valence-corrected chi connectivity index (χ1v) is 6.78. The maximum Gasteiger partial charge on any atom is 0.315 e. The minimum atomic E-state index is -0.388. The second-order valence-electron chi connectivity index (χ2n) is 4.60. The molecule has 1 aromatic carbocycles. The van der Waals surface area contributed by atoms with Crippen LogP contribution in [0.1, 0.15) is 25.0 Å². The van der Waals surface area contributed by atoms with Gasteiger partial charge in [-0.05, 0) is 25.5 Å². The number of hydrogen-bond acceptors (Lipinski definition) is 6. The molecule has 0 unspecified atom stereocenters. The first-order valence-electron chi connectivity index (χ1n) is 6.78. The normalized spacial score (nSPS) is 10.4. The van der Waals surface area contributed by atoms with E-state index in [1.54, 1.807) is 31.3 Å². The van der Waals surface area contributed by atoms with Crippen LogP contribution >= 0.6 is 0 Å². The predicted molar refractivity (Wildman–Crippen MR) is 80.4 cm³/mol. The summed E-state index contributed by atoms with van der Waals surface area (Å²) < 4.78 is 5.34. The number of aromatic nitrogens is 1. The molecule has 0 saturated heterocycles. The molecular formula is C14H18N4O3. The lowest BCUT2D eigenvalue weighted by molar-refractivity contribution is -0.383. The number of anilines is 2. The van der Waals surface area contributed by atoms with Crippen LogP contribution in [-0.2, 0) is 6.54 Å². The number of para-hydroxylation sites is 1. The van der Waals surface area contributed by atoms with Crippen molar-refractivity contribution in [1.82, 2.24) is 4.98 Å². The average molecular weight is 290 g/mol. The van der Waals surface area contributed by atoms with Gasteiger partial charge in [0.15, 0.2) is 0 Å². The van der Waals surface area contributed by atoms with E-state index in [4.69, 9.17) is 4.42 Å². The Morgan fingerprint density at radius 1 is 1.33 bits per heavy atom. The molecule has 7 nitrogen and oxygen atoms in total. The SMILES string of the molecule is CCCNc1cccc(NCc2ncc(C)o2)c1[N+](=O)[O-]. The van der Waals surface area contributed by atoms with Crippen molar-refractivity contribution in [3.05, 3.63) is 46.2 Å². The molecule has 21 heavy (non-hydrogen) atoms. The minimum Gasteiger partial charge on any atom is -0.444 e. The summed E-state index contributed by atoms with van der Waals surface area (Å²) in [6.45, 7) is 4.79. The zero-order valence-corrected chi connectivity index (χ0v) is 12.0. The lowest BCUT2D eigenvalue weighted by atomic mass is 10.2. The van der Waals surface area contributed by atoms with Crippen molar-refractivity contribution < 1.29 is 9.34 Å². The third-order valence-corrected chi connectivity index (χ3v) is 2.88. The van der Waals surface area contributed by atoms with E-state index in [0.29, 0.717) is 36.1 Å². The van der Waals surface area contributed by atoms with Crippen LogP contribution in [-0.4, -0.2) is 16.5 Å². The third kappa shape index (κ3) is 3.71. The molecule has 0 saturated carbocycles. The lowest BCUT2D eigenvalue weighted by Crippen LogP contribution is -2.07. The van der Waals surface area contributed by atoms with E-state index in [1.807, 2.05) is 6.92 Å². The van der Waals surface area contributed by atoms with Crippen LogP contribution in [0.25, 0.3) is 0 Å². The predicted octanol–water partition coefficient (Wildman–Crippen LogP) is 3.33. The Kier molecular flexibility index (Phi) is 4.76. The van der Waals surface area contributed by atoms with E-state index in [1.165, 1.54) is 0 Å². The van der Waals surface area contributed by atoms with Gasteiger partial charge >= 0.3 is 5.69 Å². The smallest absolute Gasteiger partial charge is 0.315 e. The molecule has 0 aliphatic rings. The summed E-state index contributed by atoms with van der Waals surface area (Å²) in [5, 5.41) is 17.4. The van der Waals surface area contributed by atoms with E-state index < -0.39 is 0 Å². The molecule has 2 aromatic rings. The maximum absolute atomic E-state index is 11.3. The standard InChI is InChI=1S/C14H18N4O3/c1-3-7-15-11-5-4-6-12(14(11)18(19)20)16-9-13-17-8-10(2)21-13/h4-6,8,15-16H,3,7,9H2,1-2H3. The summed E-state index contributed by atoms with van der Waals surface area (Å²) in [5.41, 5.74) is 0.988. The Morgan fingerprint density at radius 3 is 2.62 bits per heavy atom. The van der Waals surface area contributed by atoms with Crippen LogP contribution in [0.4, 0.5) is 17.1 Å². The van der Waals surface area contributed by atoms with Gasteiger partial charge in [0.25, 0.3) is 0 Å². The van der Waals surface area contributed by atoms with Gasteiger partial charge in [0, 0.05) is 6.54 Å². The topological polar surface area (TPSA) is 93.2 Å². The van der Waals surface area contributed by atoms with Gasteiger partial charge in [-0.1, -0.05) is 13.0 Å². The van der Waals surface area contributed by atoms with E-state index in [2.05, 4.69) is 15.6 Å². The van der Waals surface area contributed by atoms with E-state index in [-0.39, 0.29) is 10.6 Å². The maximum atomic E-state index is 11.3. The monoisotopic (exact) mass is 290 g/mol. The highest BCUT2D eigenvalue weighted by Crippen LogP contribution is 2.33. The van der Waals surface area contributed by atoms with Gasteiger partial charge in [0.1, 0.15) is 17.1 Å². The zero-order valence-electron chi connectivity index (χ0n) is 12.0. The Hall–Kier alpha value is -2.57. The van der Waals surface area contributed by atoms with Gasteiger partial charge in [-0.3, -0.25) is 10.1 Å². The summed E-state index contributed by atoms with van der Waals surface area (Å²) in [6.07, 6.45) is 2.51. The molecule has 1 heterocycles. The highest BCUT2D eigenvalue weighted by Gasteiger charge is 2.19. The Morgan fingerprint density at radius 2 is 2.05 bits per heavy atom. The Balaban J connectivity index is 2.19. The third-order valence-electron chi connectivity index (χ3n) is 2.88.